The first-order valence-corrected chi connectivity index (χ1v) is 7.49. The molecule has 21 heavy (non-hydrogen) atoms. The normalized spacial score (nSPS) is 10.5. The van der Waals surface area contributed by atoms with Crippen molar-refractivity contribution in [2.24, 2.45) is 0 Å². The van der Waals surface area contributed by atoms with Gasteiger partial charge in [0.2, 0.25) is 0 Å². The monoisotopic (exact) mass is 355 g/mol. The Kier molecular flexibility index (Phi) is 5.56. The van der Waals surface area contributed by atoms with Crippen molar-refractivity contribution >= 4 is 21.6 Å². The van der Waals surface area contributed by atoms with Gasteiger partial charge in [-0.25, -0.2) is 8.78 Å². The second kappa shape index (κ2) is 7.41. The maximum atomic E-state index is 13.6. The standard InChI is InChI=1S/C16H16BrF2NO/c1-2-7-21-12-5-3-11(4-6-12)10-20-16-8-13(17)14(18)9-15(16)19/h3-6,8-9,20H,2,7,10H2,1H3. The first kappa shape index (κ1) is 15.8. The van der Waals surface area contributed by atoms with Gasteiger partial charge in [0.05, 0.1) is 16.8 Å². The zero-order chi connectivity index (χ0) is 15.2. The zero-order valence-corrected chi connectivity index (χ0v) is 13.2. The zero-order valence-electron chi connectivity index (χ0n) is 11.6. The van der Waals surface area contributed by atoms with Crippen LogP contribution in [0.4, 0.5) is 14.5 Å². The van der Waals surface area contributed by atoms with Gasteiger partial charge in [-0.15, -0.1) is 0 Å². The van der Waals surface area contributed by atoms with Gasteiger partial charge in [0, 0.05) is 12.6 Å². The van der Waals surface area contributed by atoms with Crippen LogP contribution in [0.5, 0.6) is 5.75 Å². The molecule has 0 heterocycles. The molecule has 2 rings (SSSR count). The Labute approximate surface area is 131 Å². The van der Waals surface area contributed by atoms with Crippen LogP contribution in [-0.2, 0) is 6.54 Å². The van der Waals surface area contributed by atoms with E-state index in [1.165, 1.54) is 6.07 Å². The molecule has 2 nitrogen and oxygen atoms in total. The summed E-state index contributed by atoms with van der Waals surface area (Å²) in [5, 5.41) is 2.95. The van der Waals surface area contributed by atoms with E-state index in [4.69, 9.17) is 4.74 Å². The lowest BCUT2D eigenvalue weighted by atomic mass is 10.2. The highest BCUT2D eigenvalue weighted by molar-refractivity contribution is 9.10. The van der Waals surface area contributed by atoms with Crippen LogP contribution in [0.3, 0.4) is 0 Å². The van der Waals surface area contributed by atoms with Crippen molar-refractivity contribution in [3.05, 3.63) is 58.1 Å². The molecular weight excluding hydrogens is 340 g/mol. The minimum Gasteiger partial charge on any atom is -0.494 e. The highest BCUT2D eigenvalue weighted by Gasteiger charge is 2.07. The number of ether oxygens (including phenoxy) is 1. The molecule has 5 heteroatoms. The molecule has 0 saturated carbocycles. The lowest BCUT2D eigenvalue weighted by Gasteiger charge is -2.10. The van der Waals surface area contributed by atoms with Gasteiger partial charge in [0.25, 0.3) is 0 Å². The molecule has 0 unspecified atom stereocenters. The summed E-state index contributed by atoms with van der Waals surface area (Å²) in [7, 11) is 0. The molecule has 0 aliphatic heterocycles. The summed E-state index contributed by atoms with van der Waals surface area (Å²) in [6.45, 7) is 3.18. The molecule has 0 spiro atoms. The maximum Gasteiger partial charge on any atom is 0.149 e. The Morgan fingerprint density at radius 3 is 2.48 bits per heavy atom. The summed E-state index contributed by atoms with van der Waals surface area (Å²) in [6.07, 6.45) is 0.960. The molecule has 0 saturated heterocycles. The quantitative estimate of drug-likeness (QED) is 0.725. The van der Waals surface area contributed by atoms with Gasteiger partial charge in [-0.3, -0.25) is 0 Å². The lowest BCUT2D eigenvalue weighted by molar-refractivity contribution is 0.317. The summed E-state index contributed by atoms with van der Waals surface area (Å²) < 4.78 is 32.5. The predicted molar refractivity (Wildman–Crippen MR) is 83.6 cm³/mol. The summed E-state index contributed by atoms with van der Waals surface area (Å²) in [5.41, 5.74) is 1.24. The first-order chi connectivity index (χ1) is 10.1. The molecule has 0 aliphatic rings. The van der Waals surface area contributed by atoms with Gasteiger partial charge < -0.3 is 10.1 Å². The molecule has 112 valence electrons. The van der Waals surface area contributed by atoms with Crippen LogP contribution in [0, 0.1) is 11.6 Å². The topological polar surface area (TPSA) is 21.3 Å². The number of hydrogen-bond acceptors (Lipinski definition) is 2. The highest BCUT2D eigenvalue weighted by Crippen LogP contribution is 2.24. The van der Waals surface area contributed by atoms with Crippen LogP contribution in [0.25, 0.3) is 0 Å². The van der Waals surface area contributed by atoms with E-state index in [2.05, 4.69) is 21.2 Å². The molecule has 0 fully saturated rings. The van der Waals surface area contributed by atoms with Gasteiger partial charge in [-0.2, -0.15) is 0 Å². The molecule has 0 radical (unpaired) electrons. The Morgan fingerprint density at radius 1 is 1.10 bits per heavy atom. The first-order valence-electron chi connectivity index (χ1n) is 6.70. The highest BCUT2D eigenvalue weighted by atomic mass is 79.9. The summed E-state index contributed by atoms with van der Waals surface area (Å²) in [4.78, 5) is 0. The molecule has 2 aromatic rings. The number of hydrogen-bond donors (Lipinski definition) is 1. The van der Waals surface area contributed by atoms with Crippen molar-refractivity contribution in [1.82, 2.24) is 0 Å². The van der Waals surface area contributed by atoms with Crippen LogP contribution in [0.2, 0.25) is 0 Å². The smallest absolute Gasteiger partial charge is 0.149 e. The Balaban J connectivity index is 1.98. The Morgan fingerprint density at radius 2 is 1.81 bits per heavy atom. The van der Waals surface area contributed by atoms with Crippen LogP contribution in [0.1, 0.15) is 18.9 Å². The van der Waals surface area contributed by atoms with Crippen molar-refractivity contribution < 1.29 is 13.5 Å². The van der Waals surface area contributed by atoms with Gasteiger partial charge in [0.1, 0.15) is 17.4 Å². The summed E-state index contributed by atoms with van der Waals surface area (Å²) in [6, 6.07) is 9.83. The van der Waals surface area contributed by atoms with E-state index in [-0.39, 0.29) is 10.2 Å². The van der Waals surface area contributed by atoms with Crippen molar-refractivity contribution in [1.29, 1.82) is 0 Å². The van der Waals surface area contributed by atoms with Gasteiger partial charge in [-0.1, -0.05) is 19.1 Å². The molecule has 2 aromatic carbocycles. The minimum absolute atomic E-state index is 0.231. The van der Waals surface area contributed by atoms with E-state index in [1.807, 2.05) is 31.2 Å². The molecule has 0 atom stereocenters. The van der Waals surface area contributed by atoms with Gasteiger partial charge in [-0.05, 0) is 46.1 Å². The number of nitrogens with one attached hydrogen (secondary N) is 1. The third-order valence-corrected chi connectivity index (χ3v) is 3.50. The average Bonchev–Trinajstić information content (AvgIpc) is 2.48. The van der Waals surface area contributed by atoms with Crippen molar-refractivity contribution in [2.75, 3.05) is 11.9 Å². The van der Waals surface area contributed by atoms with Crippen LogP contribution < -0.4 is 10.1 Å². The number of halogens is 3. The molecular formula is C16H16BrF2NO. The van der Waals surface area contributed by atoms with E-state index < -0.39 is 11.6 Å². The van der Waals surface area contributed by atoms with E-state index in [0.29, 0.717) is 13.2 Å². The largest absolute Gasteiger partial charge is 0.494 e. The van der Waals surface area contributed by atoms with Crippen LogP contribution >= 0.6 is 15.9 Å². The third-order valence-electron chi connectivity index (χ3n) is 2.89. The van der Waals surface area contributed by atoms with Crippen molar-refractivity contribution in [3.63, 3.8) is 0 Å². The van der Waals surface area contributed by atoms with Crippen LogP contribution in [-0.4, -0.2) is 6.61 Å². The number of rotatable bonds is 6. The van der Waals surface area contributed by atoms with Gasteiger partial charge >= 0.3 is 0 Å². The summed E-state index contributed by atoms with van der Waals surface area (Å²) >= 11 is 3.04. The van der Waals surface area contributed by atoms with Crippen molar-refractivity contribution in [2.45, 2.75) is 19.9 Å². The minimum atomic E-state index is -0.615. The predicted octanol–water partition coefficient (Wildman–Crippen LogP) is 5.13. The van der Waals surface area contributed by atoms with E-state index in [1.54, 1.807) is 0 Å². The Hall–Kier alpha value is -1.62. The molecule has 0 amide bonds. The second-order valence-electron chi connectivity index (χ2n) is 4.59. The lowest BCUT2D eigenvalue weighted by Crippen LogP contribution is -2.02. The SMILES string of the molecule is CCCOc1ccc(CNc2cc(Br)c(F)cc2F)cc1. The number of anilines is 1. The average molecular weight is 356 g/mol. The fourth-order valence-corrected chi connectivity index (χ4v) is 2.12. The van der Waals surface area contributed by atoms with E-state index >= 15 is 0 Å². The van der Waals surface area contributed by atoms with Gasteiger partial charge in [0.15, 0.2) is 0 Å². The number of benzene rings is 2. The third kappa shape index (κ3) is 4.43. The fourth-order valence-electron chi connectivity index (χ4n) is 1.78. The van der Waals surface area contributed by atoms with E-state index in [0.717, 1.165) is 23.8 Å². The van der Waals surface area contributed by atoms with Crippen LogP contribution in [0.15, 0.2) is 40.9 Å². The fraction of sp³-hybridized carbons (Fsp3) is 0.250. The maximum absolute atomic E-state index is 13.6. The molecule has 0 aliphatic carbocycles. The molecule has 0 aromatic heterocycles. The van der Waals surface area contributed by atoms with E-state index in [9.17, 15) is 8.78 Å². The molecule has 0 bridgehead atoms. The van der Waals surface area contributed by atoms with Crippen molar-refractivity contribution in [3.8, 4) is 5.75 Å². The Bertz CT molecular complexity index is 602. The second-order valence-corrected chi connectivity index (χ2v) is 5.45. The molecule has 1 N–H and O–H groups in total. The summed E-state index contributed by atoms with van der Waals surface area (Å²) in [5.74, 6) is -0.412.